The van der Waals surface area contributed by atoms with Gasteiger partial charge in [0.05, 0.1) is 11.6 Å². The molecule has 194 valence electrons. The lowest BCUT2D eigenvalue weighted by Crippen LogP contribution is -2.52. The average molecular weight is 500 g/mol. The Bertz CT molecular complexity index is 1200. The molecule has 2 saturated heterocycles. The molecule has 1 aromatic heterocycles. The minimum atomic E-state index is -0.777. The number of urea groups is 1. The van der Waals surface area contributed by atoms with Crippen molar-refractivity contribution in [1.82, 2.24) is 25.3 Å². The van der Waals surface area contributed by atoms with Crippen LogP contribution < -0.4 is 15.4 Å². The molecule has 7 nitrogen and oxygen atoms in total. The summed E-state index contributed by atoms with van der Waals surface area (Å²) in [7, 11) is 0. The Morgan fingerprint density at radius 2 is 1.97 bits per heavy atom. The van der Waals surface area contributed by atoms with Crippen LogP contribution in [-0.2, 0) is 5.60 Å². The molecule has 4 heterocycles. The summed E-state index contributed by atoms with van der Waals surface area (Å²) in [5.41, 5.74) is 1.83. The standard InChI is InChI=1S/C27H35F2N5O2/c1-16-23-24(32-34(16)19-6-9-31-26(2,3)14-19)22-20(29)12-18(28)13-21(22)36-27(23)7-10-33(11-8-27)25(35)30-15-17-4-5-17/h12-13,17,19,31H,4-11,14-15H2,1-3H3,(H,30,35)/t19-/m1/s1. The molecule has 3 aliphatic heterocycles. The molecule has 0 radical (unpaired) electrons. The van der Waals surface area contributed by atoms with Gasteiger partial charge in [-0.15, -0.1) is 0 Å². The fourth-order valence-electron chi connectivity index (χ4n) is 6.35. The van der Waals surface area contributed by atoms with E-state index in [1.54, 1.807) is 0 Å². The van der Waals surface area contributed by atoms with Gasteiger partial charge in [0.2, 0.25) is 0 Å². The summed E-state index contributed by atoms with van der Waals surface area (Å²) in [4.78, 5) is 14.6. The third-order valence-electron chi connectivity index (χ3n) is 8.44. The largest absolute Gasteiger partial charge is 0.481 e. The molecule has 9 heteroatoms. The second-order valence-electron chi connectivity index (χ2n) is 11.7. The molecule has 3 fully saturated rings. The highest BCUT2D eigenvalue weighted by Gasteiger charge is 2.49. The maximum absolute atomic E-state index is 15.2. The second-order valence-corrected chi connectivity index (χ2v) is 11.7. The molecule has 2 amide bonds. The molecule has 2 N–H and O–H groups in total. The van der Waals surface area contributed by atoms with Crippen LogP contribution in [0.25, 0.3) is 11.3 Å². The van der Waals surface area contributed by atoms with Crippen LogP contribution >= 0.6 is 0 Å². The number of halogens is 2. The third-order valence-corrected chi connectivity index (χ3v) is 8.44. The Labute approximate surface area is 210 Å². The Morgan fingerprint density at radius 1 is 1.22 bits per heavy atom. The first-order valence-corrected chi connectivity index (χ1v) is 13.2. The van der Waals surface area contributed by atoms with Gasteiger partial charge in [-0.3, -0.25) is 4.68 Å². The SMILES string of the molecule is Cc1c2c(nn1[C@@H]1CCNC(C)(C)C1)-c1c(F)cc(F)cc1OC21CCN(C(=O)NCC2CC2)CC1. The molecule has 1 spiro atoms. The Hall–Kier alpha value is -2.68. The Morgan fingerprint density at radius 3 is 2.67 bits per heavy atom. The molecule has 6 rings (SSSR count). The van der Waals surface area contributed by atoms with Gasteiger partial charge in [-0.05, 0) is 58.9 Å². The quantitative estimate of drug-likeness (QED) is 0.645. The fourth-order valence-corrected chi connectivity index (χ4v) is 6.35. The first-order chi connectivity index (χ1) is 17.2. The van der Waals surface area contributed by atoms with Crippen molar-refractivity contribution in [2.45, 2.75) is 76.5 Å². The van der Waals surface area contributed by atoms with Gasteiger partial charge < -0.3 is 20.3 Å². The maximum Gasteiger partial charge on any atom is 0.317 e. The third kappa shape index (κ3) is 4.05. The molecule has 1 aromatic carbocycles. The van der Waals surface area contributed by atoms with Gasteiger partial charge in [-0.1, -0.05) is 0 Å². The number of ether oxygens (including phenoxy) is 1. The highest BCUT2D eigenvalue weighted by Crippen LogP contribution is 2.52. The first kappa shape index (κ1) is 23.7. The van der Waals surface area contributed by atoms with Gasteiger partial charge in [0.1, 0.15) is 28.7 Å². The van der Waals surface area contributed by atoms with Gasteiger partial charge >= 0.3 is 6.03 Å². The molecule has 1 aliphatic carbocycles. The molecule has 36 heavy (non-hydrogen) atoms. The van der Waals surface area contributed by atoms with Crippen LogP contribution in [-0.4, -0.2) is 52.4 Å². The summed E-state index contributed by atoms with van der Waals surface area (Å²) in [5, 5.41) is 11.6. The van der Waals surface area contributed by atoms with Crippen LogP contribution in [0.4, 0.5) is 13.6 Å². The van der Waals surface area contributed by atoms with Crippen molar-refractivity contribution in [3.05, 3.63) is 35.0 Å². The van der Waals surface area contributed by atoms with Crippen molar-refractivity contribution in [3.8, 4) is 17.0 Å². The average Bonchev–Trinajstić information content (AvgIpc) is 3.58. The lowest BCUT2D eigenvalue weighted by molar-refractivity contribution is 0.00395. The molecule has 1 atom stereocenters. The van der Waals surface area contributed by atoms with Crippen LogP contribution in [0, 0.1) is 24.5 Å². The van der Waals surface area contributed by atoms with E-state index in [9.17, 15) is 9.18 Å². The summed E-state index contributed by atoms with van der Waals surface area (Å²) in [6.45, 7) is 9.03. The zero-order chi connectivity index (χ0) is 25.2. The normalized spacial score (nSPS) is 24.1. The number of amides is 2. The smallest absolute Gasteiger partial charge is 0.317 e. The Kier molecular flexibility index (Phi) is 5.55. The summed E-state index contributed by atoms with van der Waals surface area (Å²) >= 11 is 0. The zero-order valence-corrected chi connectivity index (χ0v) is 21.3. The predicted molar refractivity (Wildman–Crippen MR) is 132 cm³/mol. The van der Waals surface area contributed by atoms with Gasteiger partial charge in [-0.2, -0.15) is 5.10 Å². The lowest BCUT2D eigenvalue weighted by atomic mass is 9.79. The van der Waals surface area contributed by atoms with Crippen LogP contribution in [0.3, 0.4) is 0 Å². The van der Waals surface area contributed by atoms with Crippen molar-refractivity contribution in [2.24, 2.45) is 5.92 Å². The van der Waals surface area contributed by atoms with E-state index in [1.807, 2.05) is 16.5 Å². The molecule has 1 saturated carbocycles. The summed E-state index contributed by atoms with van der Waals surface area (Å²) in [6, 6.07) is 2.29. The zero-order valence-electron chi connectivity index (χ0n) is 21.3. The molecular formula is C27H35F2N5O2. The van der Waals surface area contributed by atoms with E-state index in [2.05, 4.69) is 24.5 Å². The highest BCUT2D eigenvalue weighted by atomic mass is 19.1. The second kappa shape index (κ2) is 8.43. The number of piperidine rings is 2. The predicted octanol–water partition coefficient (Wildman–Crippen LogP) is 4.64. The summed E-state index contributed by atoms with van der Waals surface area (Å²) < 4.78 is 38.0. The number of fused-ring (bicyclic) bond motifs is 4. The number of rotatable bonds is 3. The molecule has 4 aliphatic rings. The number of aromatic nitrogens is 2. The summed E-state index contributed by atoms with van der Waals surface area (Å²) in [5.74, 6) is -0.516. The highest BCUT2D eigenvalue weighted by molar-refractivity contribution is 5.76. The number of hydrogen-bond donors (Lipinski definition) is 2. The van der Waals surface area contributed by atoms with Crippen molar-refractivity contribution in [3.63, 3.8) is 0 Å². The van der Waals surface area contributed by atoms with Crippen LogP contribution in [0.2, 0.25) is 0 Å². The van der Waals surface area contributed by atoms with E-state index in [-0.39, 0.29) is 28.9 Å². The van der Waals surface area contributed by atoms with Crippen LogP contribution in [0.5, 0.6) is 5.75 Å². The van der Waals surface area contributed by atoms with E-state index in [1.165, 1.54) is 18.9 Å². The van der Waals surface area contributed by atoms with Gasteiger partial charge in [-0.25, -0.2) is 13.6 Å². The molecule has 2 aromatic rings. The van der Waals surface area contributed by atoms with E-state index in [0.717, 1.165) is 43.3 Å². The Balaban J connectivity index is 1.36. The number of carbonyl (C=O) groups excluding carboxylic acids is 1. The van der Waals surface area contributed by atoms with Gasteiger partial charge in [0.25, 0.3) is 0 Å². The molecule has 0 bridgehead atoms. The minimum Gasteiger partial charge on any atom is -0.481 e. The lowest BCUT2D eigenvalue weighted by Gasteiger charge is -2.44. The van der Waals surface area contributed by atoms with Crippen molar-refractivity contribution >= 4 is 6.03 Å². The van der Waals surface area contributed by atoms with E-state index >= 15 is 4.39 Å². The van der Waals surface area contributed by atoms with E-state index in [4.69, 9.17) is 9.84 Å². The van der Waals surface area contributed by atoms with Gasteiger partial charge in [0.15, 0.2) is 0 Å². The number of nitrogens with zero attached hydrogens (tertiary/aromatic N) is 3. The minimum absolute atomic E-state index is 0.0263. The number of nitrogens with one attached hydrogen (secondary N) is 2. The summed E-state index contributed by atoms with van der Waals surface area (Å²) in [6.07, 6.45) is 5.27. The first-order valence-electron chi connectivity index (χ1n) is 13.2. The maximum atomic E-state index is 15.2. The van der Waals surface area contributed by atoms with Crippen molar-refractivity contribution in [2.75, 3.05) is 26.2 Å². The van der Waals surface area contributed by atoms with Crippen LogP contribution in [0.15, 0.2) is 12.1 Å². The fraction of sp³-hybridized carbons (Fsp3) is 0.630. The number of likely N-dealkylation sites (tertiary alicyclic amines) is 1. The molecular weight excluding hydrogens is 464 g/mol. The number of benzene rings is 1. The molecule has 0 unspecified atom stereocenters. The topological polar surface area (TPSA) is 71.4 Å². The van der Waals surface area contributed by atoms with E-state index < -0.39 is 17.2 Å². The van der Waals surface area contributed by atoms with Crippen LogP contribution in [0.1, 0.15) is 69.7 Å². The number of carbonyl (C=O) groups is 1. The van der Waals surface area contributed by atoms with Gasteiger partial charge in [0, 0.05) is 61.4 Å². The van der Waals surface area contributed by atoms with Crippen molar-refractivity contribution < 1.29 is 18.3 Å². The van der Waals surface area contributed by atoms with E-state index in [0.29, 0.717) is 37.5 Å². The monoisotopic (exact) mass is 499 g/mol. The van der Waals surface area contributed by atoms with Crippen molar-refractivity contribution in [1.29, 1.82) is 0 Å². The number of hydrogen-bond acceptors (Lipinski definition) is 4.